The highest BCUT2D eigenvalue weighted by molar-refractivity contribution is 5.69. The van der Waals surface area contributed by atoms with Crippen LogP contribution >= 0.6 is 0 Å². The Hall–Kier alpha value is -1.70. The fraction of sp³-hybridized carbons (Fsp3) is 0.786. The lowest BCUT2D eigenvalue weighted by Crippen LogP contribution is -2.30. The number of ether oxygens (including phenoxy) is 4. The van der Waals surface area contributed by atoms with Crippen LogP contribution in [0.4, 0.5) is 0 Å². The molecular formula is C28H46O7. The summed E-state index contributed by atoms with van der Waals surface area (Å²) in [6.45, 7) is 4.30. The highest BCUT2D eigenvalue weighted by Crippen LogP contribution is 2.41. The second-order valence-electron chi connectivity index (χ2n) is 9.72. The van der Waals surface area contributed by atoms with Crippen LogP contribution in [0.1, 0.15) is 90.9 Å². The van der Waals surface area contributed by atoms with E-state index in [4.69, 9.17) is 18.9 Å². The van der Waals surface area contributed by atoms with Gasteiger partial charge >= 0.3 is 11.9 Å². The lowest BCUT2D eigenvalue weighted by atomic mass is 9.89. The quantitative estimate of drug-likeness (QED) is 0.189. The van der Waals surface area contributed by atoms with Crippen LogP contribution in [0.25, 0.3) is 0 Å². The SMILES string of the molecule is CCCCC[C@H](O)/C=C/[C@@H]1[C@@H](C/C=C\CCCC(=O)OC)[C@@H](OC(C)=O)C[C@H]1OC1CCCCO1. The Bertz CT molecular complexity index is 668. The topological polar surface area (TPSA) is 91.3 Å². The third-order valence-electron chi connectivity index (χ3n) is 6.86. The summed E-state index contributed by atoms with van der Waals surface area (Å²) < 4.78 is 22.7. The fourth-order valence-electron chi connectivity index (χ4n) is 4.96. The summed E-state index contributed by atoms with van der Waals surface area (Å²) in [4.78, 5) is 23.2. The lowest BCUT2D eigenvalue weighted by molar-refractivity contribution is -0.193. The van der Waals surface area contributed by atoms with Crippen LogP contribution in [-0.2, 0) is 28.5 Å². The Morgan fingerprint density at radius 3 is 2.66 bits per heavy atom. The van der Waals surface area contributed by atoms with E-state index in [2.05, 4.69) is 25.2 Å². The average molecular weight is 495 g/mol. The fourth-order valence-corrected chi connectivity index (χ4v) is 4.96. The number of hydrogen-bond donors (Lipinski definition) is 1. The molecule has 0 radical (unpaired) electrons. The van der Waals surface area contributed by atoms with Gasteiger partial charge in [0.2, 0.25) is 0 Å². The zero-order valence-corrected chi connectivity index (χ0v) is 21.9. The number of esters is 2. The zero-order chi connectivity index (χ0) is 25.5. The summed E-state index contributed by atoms with van der Waals surface area (Å²) in [7, 11) is 1.40. The molecule has 1 aliphatic carbocycles. The Morgan fingerprint density at radius 2 is 1.97 bits per heavy atom. The van der Waals surface area contributed by atoms with Gasteiger partial charge in [-0.15, -0.1) is 0 Å². The van der Waals surface area contributed by atoms with Crippen LogP contribution in [-0.4, -0.2) is 55.4 Å². The molecule has 0 aromatic heterocycles. The van der Waals surface area contributed by atoms with Crippen LogP contribution in [0, 0.1) is 11.8 Å². The summed E-state index contributed by atoms with van der Waals surface area (Å²) in [6, 6.07) is 0. The molecule has 2 fully saturated rings. The van der Waals surface area contributed by atoms with Gasteiger partial charge in [-0.25, -0.2) is 0 Å². The van der Waals surface area contributed by atoms with Gasteiger partial charge in [-0.05, 0) is 44.9 Å². The third kappa shape index (κ3) is 11.3. The predicted molar refractivity (Wildman–Crippen MR) is 135 cm³/mol. The number of rotatable bonds is 15. The van der Waals surface area contributed by atoms with Gasteiger partial charge in [0.25, 0.3) is 0 Å². The second-order valence-corrected chi connectivity index (χ2v) is 9.72. The van der Waals surface area contributed by atoms with Crippen molar-refractivity contribution in [3.05, 3.63) is 24.3 Å². The van der Waals surface area contributed by atoms with Crippen molar-refractivity contribution < 1.29 is 33.6 Å². The van der Waals surface area contributed by atoms with Crippen molar-refractivity contribution >= 4 is 11.9 Å². The minimum absolute atomic E-state index is 0.00502. The molecule has 0 spiro atoms. The Kier molecular flexibility index (Phi) is 14.2. The van der Waals surface area contributed by atoms with Crippen LogP contribution in [0.2, 0.25) is 0 Å². The molecule has 0 bridgehead atoms. The minimum Gasteiger partial charge on any atom is -0.469 e. The van der Waals surface area contributed by atoms with E-state index >= 15 is 0 Å². The van der Waals surface area contributed by atoms with Crippen molar-refractivity contribution in [1.82, 2.24) is 0 Å². The van der Waals surface area contributed by atoms with Gasteiger partial charge in [-0.1, -0.05) is 50.5 Å². The highest BCUT2D eigenvalue weighted by atomic mass is 16.7. The van der Waals surface area contributed by atoms with Crippen molar-refractivity contribution in [1.29, 1.82) is 0 Å². The van der Waals surface area contributed by atoms with E-state index in [1.807, 2.05) is 6.08 Å². The largest absolute Gasteiger partial charge is 0.469 e. The molecule has 0 aromatic carbocycles. The number of unbranched alkanes of at least 4 members (excludes halogenated alkanes) is 3. The standard InChI is InChI=1S/C28H46O7/c1-4-5-8-13-22(30)17-18-24-23(14-9-6-7-10-15-27(31)32-3)25(34-21(2)29)20-26(24)35-28-16-11-12-19-33-28/h6,9,17-18,22-26,28,30H,4-5,7-8,10-16,19-20H2,1-3H3/b9-6-,18-17+/t22-,23+,24+,25-,26+,28?/m0/s1. The molecule has 1 N–H and O–H groups in total. The summed E-state index contributed by atoms with van der Waals surface area (Å²) in [5.74, 6) is -0.440. The minimum atomic E-state index is -0.490. The molecule has 0 amide bonds. The van der Waals surface area contributed by atoms with E-state index in [9.17, 15) is 14.7 Å². The van der Waals surface area contributed by atoms with Crippen LogP contribution in [0.5, 0.6) is 0 Å². The zero-order valence-electron chi connectivity index (χ0n) is 21.9. The maximum Gasteiger partial charge on any atom is 0.305 e. The van der Waals surface area contributed by atoms with E-state index in [0.29, 0.717) is 19.4 Å². The van der Waals surface area contributed by atoms with Crippen molar-refractivity contribution in [2.75, 3.05) is 13.7 Å². The summed E-state index contributed by atoms with van der Waals surface area (Å²) >= 11 is 0. The molecule has 6 atom stereocenters. The maximum absolute atomic E-state index is 11.9. The monoisotopic (exact) mass is 494 g/mol. The van der Waals surface area contributed by atoms with Crippen molar-refractivity contribution in [3.8, 4) is 0 Å². The molecule has 0 aromatic rings. The van der Waals surface area contributed by atoms with Crippen LogP contribution in [0.15, 0.2) is 24.3 Å². The van der Waals surface area contributed by atoms with Gasteiger partial charge in [0.15, 0.2) is 6.29 Å². The first kappa shape index (κ1) is 29.5. The third-order valence-corrected chi connectivity index (χ3v) is 6.86. The van der Waals surface area contributed by atoms with Gasteiger partial charge < -0.3 is 24.1 Å². The molecule has 1 heterocycles. The highest BCUT2D eigenvalue weighted by Gasteiger charge is 2.45. The molecular weight excluding hydrogens is 448 g/mol. The van der Waals surface area contributed by atoms with E-state index in [1.165, 1.54) is 14.0 Å². The number of methoxy groups -OCH3 is 1. The molecule has 7 nitrogen and oxygen atoms in total. The van der Waals surface area contributed by atoms with E-state index in [0.717, 1.165) is 64.2 Å². The Balaban J connectivity index is 2.09. The summed E-state index contributed by atoms with van der Waals surface area (Å²) in [5, 5.41) is 10.5. The predicted octanol–water partition coefficient (Wildman–Crippen LogP) is 5.25. The first-order valence-corrected chi connectivity index (χ1v) is 13.5. The van der Waals surface area contributed by atoms with Gasteiger partial charge in [0.05, 0.1) is 19.3 Å². The Labute approximate surface area is 211 Å². The number of carbonyl (C=O) groups excluding carboxylic acids is 2. The Morgan fingerprint density at radius 1 is 1.14 bits per heavy atom. The lowest BCUT2D eigenvalue weighted by Gasteiger charge is -2.29. The van der Waals surface area contributed by atoms with Crippen molar-refractivity contribution in [2.45, 2.75) is 115 Å². The molecule has 1 saturated heterocycles. The number of aliphatic hydroxyl groups excluding tert-OH is 1. The smallest absolute Gasteiger partial charge is 0.305 e. The molecule has 2 rings (SSSR count). The second kappa shape index (κ2) is 16.9. The molecule has 1 aliphatic heterocycles. The van der Waals surface area contributed by atoms with E-state index < -0.39 is 6.10 Å². The van der Waals surface area contributed by atoms with E-state index in [1.54, 1.807) is 0 Å². The number of aliphatic hydroxyl groups is 1. The number of hydrogen-bond acceptors (Lipinski definition) is 7. The molecule has 1 saturated carbocycles. The maximum atomic E-state index is 11.9. The molecule has 7 heteroatoms. The molecule has 200 valence electrons. The van der Waals surface area contributed by atoms with Gasteiger partial charge in [-0.3, -0.25) is 9.59 Å². The van der Waals surface area contributed by atoms with Crippen molar-refractivity contribution in [3.63, 3.8) is 0 Å². The molecule has 35 heavy (non-hydrogen) atoms. The summed E-state index contributed by atoms with van der Waals surface area (Å²) in [5.41, 5.74) is 0. The number of allylic oxidation sites excluding steroid dienone is 2. The number of carbonyl (C=O) groups is 2. The molecule has 1 unspecified atom stereocenters. The first-order chi connectivity index (χ1) is 16.9. The first-order valence-electron chi connectivity index (χ1n) is 13.5. The van der Waals surface area contributed by atoms with E-state index in [-0.39, 0.29) is 42.3 Å². The molecule has 2 aliphatic rings. The van der Waals surface area contributed by atoms with Crippen molar-refractivity contribution in [2.24, 2.45) is 11.8 Å². The van der Waals surface area contributed by atoms with Crippen LogP contribution in [0.3, 0.4) is 0 Å². The van der Waals surface area contributed by atoms with Gasteiger partial charge in [0.1, 0.15) is 6.10 Å². The normalized spacial score (nSPS) is 27.9. The summed E-state index contributed by atoms with van der Waals surface area (Å²) in [6.07, 6.45) is 17.3. The van der Waals surface area contributed by atoms with Crippen LogP contribution < -0.4 is 0 Å². The average Bonchev–Trinajstić information content (AvgIpc) is 3.15. The van der Waals surface area contributed by atoms with Gasteiger partial charge in [-0.2, -0.15) is 0 Å². The van der Waals surface area contributed by atoms with Gasteiger partial charge in [0, 0.05) is 38.2 Å².